The smallest absolute Gasteiger partial charge is 0.234 e. The number of ether oxygens (including phenoxy) is 1. The molecule has 0 spiro atoms. The predicted octanol–water partition coefficient (Wildman–Crippen LogP) is 6.84. The van der Waals surface area contributed by atoms with Crippen molar-refractivity contribution in [3.8, 4) is 11.5 Å². The highest BCUT2D eigenvalue weighted by Gasteiger charge is 2.32. The number of hydrogen-bond acceptors (Lipinski definition) is 8. The molecule has 1 aromatic carbocycles. The summed E-state index contributed by atoms with van der Waals surface area (Å²) < 4.78 is 13.8. The number of benzene rings is 1. The largest absolute Gasteiger partial charge is 0.463 e. The Kier molecular flexibility index (Phi) is 6.07. The second-order valence-electron chi connectivity index (χ2n) is 9.10. The Labute approximate surface area is 223 Å². The number of furan rings is 1. The number of hydrogen-bond donors (Lipinski definition) is 1. The van der Waals surface area contributed by atoms with Crippen LogP contribution in [0.2, 0.25) is 0 Å². The van der Waals surface area contributed by atoms with Gasteiger partial charge in [0.1, 0.15) is 21.9 Å². The van der Waals surface area contributed by atoms with Gasteiger partial charge >= 0.3 is 0 Å². The van der Waals surface area contributed by atoms with Gasteiger partial charge in [-0.05, 0) is 55.8 Å². The lowest BCUT2D eigenvalue weighted by Crippen LogP contribution is -2.32. The number of nitrogens with zero attached hydrogens (tertiary/aromatic N) is 3. The number of amides is 1. The third-order valence-electron chi connectivity index (χ3n) is 6.02. The van der Waals surface area contributed by atoms with Crippen LogP contribution < -0.4 is 5.32 Å². The Bertz CT molecular complexity index is 1600. The normalized spacial score (nSPS) is 14.8. The third kappa shape index (κ3) is 4.43. The molecule has 0 unspecified atom stereocenters. The van der Waals surface area contributed by atoms with Crippen molar-refractivity contribution in [3.63, 3.8) is 0 Å². The second-order valence-corrected chi connectivity index (χ2v) is 12.0. The summed E-state index contributed by atoms with van der Waals surface area (Å²) in [6, 6.07) is 11.3. The Morgan fingerprint density at radius 3 is 2.81 bits per heavy atom. The average Bonchev–Trinajstić information content (AvgIpc) is 3.51. The number of halogens is 1. The highest BCUT2D eigenvalue weighted by atomic mass is 79.9. The van der Waals surface area contributed by atoms with Crippen LogP contribution >= 0.6 is 39.0 Å². The fraction of sp³-hybridized carbons (Fsp3) is 0.231. The topological polar surface area (TPSA) is 90.1 Å². The number of anilines is 1. The number of pyridine rings is 1. The minimum absolute atomic E-state index is 0.0929. The van der Waals surface area contributed by atoms with Crippen LogP contribution in [0.4, 0.5) is 5.69 Å². The SMILES string of the molecule is CC1(C)Cc2c(c(-c3ccco3)nc3sc4c(SCC(=O)Nc5ccc(Br)cc5)ncnc4c23)CO1. The lowest BCUT2D eigenvalue weighted by molar-refractivity contribution is -0.113. The van der Waals surface area contributed by atoms with Gasteiger partial charge in [-0.2, -0.15) is 0 Å². The van der Waals surface area contributed by atoms with Crippen LogP contribution in [0.15, 0.2) is 62.9 Å². The van der Waals surface area contributed by atoms with E-state index in [2.05, 4.69) is 45.1 Å². The standard InChI is InChI=1S/C26H21BrN4O3S2/c1-26(2)10-16-17(11-34-26)21(18-4-3-9-33-18)31-24-20(16)22-23(36-24)25(29-13-28-22)35-12-19(32)30-15-7-5-14(27)6-8-15/h3-9,13H,10-12H2,1-2H3,(H,30,32). The lowest BCUT2D eigenvalue weighted by Gasteiger charge is -2.32. The number of thioether (sulfide) groups is 1. The molecule has 4 aromatic heterocycles. The maximum Gasteiger partial charge on any atom is 0.234 e. The molecule has 10 heteroatoms. The molecular weight excluding hydrogens is 560 g/mol. The number of carbonyl (C=O) groups excluding carboxylic acids is 1. The first kappa shape index (κ1) is 23.6. The molecule has 0 saturated heterocycles. The number of rotatable bonds is 5. The van der Waals surface area contributed by atoms with Crippen LogP contribution in [0, 0.1) is 0 Å². The second kappa shape index (κ2) is 9.26. The van der Waals surface area contributed by atoms with E-state index in [1.165, 1.54) is 17.3 Å². The van der Waals surface area contributed by atoms with Crippen molar-refractivity contribution >= 4 is 71.1 Å². The summed E-state index contributed by atoms with van der Waals surface area (Å²) >= 11 is 6.36. The van der Waals surface area contributed by atoms with Crippen LogP contribution in [0.5, 0.6) is 0 Å². The Morgan fingerprint density at radius 2 is 2.03 bits per heavy atom. The molecule has 5 heterocycles. The molecule has 1 N–H and O–H groups in total. The minimum atomic E-state index is -0.300. The Morgan fingerprint density at radius 1 is 1.19 bits per heavy atom. The summed E-state index contributed by atoms with van der Waals surface area (Å²) in [5.74, 6) is 0.865. The van der Waals surface area contributed by atoms with Gasteiger partial charge in [-0.1, -0.05) is 27.7 Å². The molecule has 1 aliphatic heterocycles. The molecule has 0 radical (unpaired) electrons. The van der Waals surface area contributed by atoms with Crippen LogP contribution in [0.3, 0.4) is 0 Å². The molecule has 1 amide bonds. The van der Waals surface area contributed by atoms with Gasteiger partial charge in [0, 0.05) is 27.5 Å². The molecule has 7 nitrogen and oxygen atoms in total. The number of aromatic nitrogens is 3. The van der Waals surface area contributed by atoms with Crippen LogP contribution in [0.25, 0.3) is 31.9 Å². The van der Waals surface area contributed by atoms with Crippen LogP contribution in [0.1, 0.15) is 25.0 Å². The molecular formula is C26H21BrN4O3S2. The van der Waals surface area contributed by atoms with Gasteiger partial charge in [0.25, 0.3) is 0 Å². The van der Waals surface area contributed by atoms with E-state index < -0.39 is 0 Å². The first-order valence-electron chi connectivity index (χ1n) is 11.3. The fourth-order valence-electron chi connectivity index (χ4n) is 4.37. The highest BCUT2D eigenvalue weighted by molar-refractivity contribution is 9.10. The molecule has 182 valence electrons. The molecule has 0 bridgehead atoms. The van der Waals surface area contributed by atoms with E-state index in [0.29, 0.717) is 6.61 Å². The van der Waals surface area contributed by atoms with Crippen LogP contribution in [-0.2, 0) is 22.6 Å². The zero-order valence-electron chi connectivity index (χ0n) is 19.5. The molecule has 1 aliphatic rings. The first-order chi connectivity index (χ1) is 17.4. The van der Waals surface area contributed by atoms with Gasteiger partial charge in [-0.15, -0.1) is 11.3 Å². The highest BCUT2D eigenvalue weighted by Crippen LogP contribution is 2.44. The first-order valence-corrected chi connectivity index (χ1v) is 13.9. The van der Waals surface area contributed by atoms with Crippen LogP contribution in [-0.4, -0.2) is 32.2 Å². The van der Waals surface area contributed by atoms with Crippen molar-refractivity contribution in [2.45, 2.75) is 37.5 Å². The van der Waals surface area contributed by atoms with Gasteiger partial charge < -0.3 is 14.5 Å². The van der Waals surface area contributed by atoms with E-state index in [9.17, 15) is 4.79 Å². The number of thiophene rings is 1. The molecule has 0 fully saturated rings. The van der Waals surface area contributed by atoms with Gasteiger partial charge in [0.05, 0.1) is 34.4 Å². The predicted molar refractivity (Wildman–Crippen MR) is 146 cm³/mol. The molecule has 0 atom stereocenters. The monoisotopic (exact) mass is 580 g/mol. The lowest BCUT2D eigenvalue weighted by atomic mass is 9.89. The number of fused-ring (bicyclic) bond motifs is 5. The maximum atomic E-state index is 12.6. The van der Waals surface area contributed by atoms with Gasteiger partial charge in [0.15, 0.2) is 5.76 Å². The van der Waals surface area contributed by atoms with Crippen molar-refractivity contribution in [2.24, 2.45) is 0 Å². The minimum Gasteiger partial charge on any atom is -0.463 e. The number of nitrogens with one attached hydrogen (secondary N) is 1. The summed E-state index contributed by atoms with van der Waals surface area (Å²) in [6.07, 6.45) is 3.97. The Balaban J connectivity index is 1.39. The molecule has 6 rings (SSSR count). The van der Waals surface area contributed by atoms with E-state index in [1.807, 2.05) is 36.4 Å². The van der Waals surface area contributed by atoms with E-state index in [4.69, 9.17) is 14.1 Å². The van der Waals surface area contributed by atoms with Crippen molar-refractivity contribution < 1.29 is 13.9 Å². The van der Waals surface area contributed by atoms with Crippen molar-refractivity contribution in [2.75, 3.05) is 11.1 Å². The third-order valence-corrected chi connectivity index (χ3v) is 8.75. The maximum absolute atomic E-state index is 12.6. The molecule has 5 aromatic rings. The summed E-state index contributed by atoms with van der Waals surface area (Å²) in [6.45, 7) is 4.66. The summed E-state index contributed by atoms with van der Waals surface area (Å²) in [4.78, 5) is 27.7. The fourth-order valence-corrected chi connectivity index (χ4v) is 6.67. The van der Waals surface area contributed by atoms with E-state index in [-0.39, 0.29) is 17.3 Å². The summed E-state index contributed by atoms with van der Waals surface area (Å²) in [5.41, 5.74) is 4.36. The molecule has 36 heavy (non-hydrogen) atoms. The van der Waals surface area contributed by atoms with E-state index in [1.54, 1.807) is 23.9 Å². The van der Waals surface area contributed by atoms with Gasteiger partial charge in [-0.3, -0.25) is 4.79 Å². The zero-order valence-corrected chi connectivity index (χ0v) is 22.7. The van der Waals surface area contributed by atoms with Crippen molar-refractivity contribution in [1.82, 2.24) is 15.0 Å². The summed E-state index contributed by atoms with van der Waals surface area (Å²) in [5, 5.41) is 4.74. The van der Waals surface area contributed by atoms with Gasteiger partial charge in [-0.25, -0.2) is 15.0 Å². The average molecular weight is 582 g/mol. The molecule has 0 saturated carbocycles. The molecule has 0 aliphatic carbocycles. The van der Waals surface area contributed by atoms with Crippen molar-refractivity contribution in [1.29, 1.82) is 0 Å². The zero-order chi connectivity index (χ0) is 24.9. The quantitative estimate of drug-likeness (QED) is 0.180. The van der Waals surface area contributed by atoms with E-state index >= 15 is 0 Å². The van der Waals surface area contributed by atoms with Gasteiger partial charge in [0.2, 0.25) is 5.91 Å². The summed E-state index contributed by atoms with van der Waals surface area (Å²) in [7, 11) is 0. The number of carbonyl (C=O) groups is 1. The van der Waals surface area contributed by atoms with Crippen molar-refractivity contribution in [3.05, 3.63) is 64.6 Å². The Hall–Kier alpha value is -2.79. The van der Waals surface area contributed by atoms with E-state index in [0.717, 1.165) is 59.1 Å².